The van der Waals surface area contributed by atoms with E-state index in [1.54, 1.807) is 0 Å². The van der Waals surface area contributed by atoms with E-state index in [-0.39, 0.29) is 6.04 Å². The average molecular weight is 211 g/mol. The van der Waals surface area contributed by atoms with Gasteiger partial charge in [-0.3, -0.25) is 9.69 Å². The molecule has 1 heterocycles. The van der Waals surface area contributed by atoms with E-state index in [1.165, 1.54) is 32.1 Å². The molecule has 0 amide bonds. The van der Waals surface area contributed by atoms with Crippen LogP contribution in [0.4, 0.5) is 0 Å². The number of fused-ring (bicyclic) bond motifs is 1. The van der Waals surface area contributed by atoms with Gasteiger partial charge < -0.3 is 5.11 Å². The molecule has 1 saturated carbocycles. The lowest BCUT2D eigenvalue weighted by Crippen LogP contribution is -2.48. The quantitative estimate of drug-likeness (QED) is 0.759. The van der Waals surface area contributed by atoms with Gasteiger partial charge in [-0.25, -0.2) is 0 Å². The fourth-order valence-corrected chi connectivity index (χ4v) is 3.14. The minimum absolute atomic E-state index is 0.298. The maximum Gasteiger partial charge on any atom is 0.320 e. The normalized spacial score (nSPS) is 34.5. The van der Waals surface area contributed by atoms with Crippen LogP contribution in [0.1, 0.15) is 39.0 Å². The first-order valence-electron chi connectivity index (χ1n) is 6.15. The molecule has 1 N–H and O–H groups in total. The summed E-state index contributed by atoms with van der Waals surface area (Å²) in [6.07, 6.45) is 6.63. The molecule has 3 unspecified atom stereocenters. The van der Waals surface area contributed by atoms with Crippen molar-refractivity contribution in [3.05, 3.63) is 0 Å². The number of nitrogens with zero attached hydrogens (tertiary/aromatic N) is 1. The molecule has 3 heteroatoms. The van der Waals surface area contributed by atoms with Gasteiger partial charge in [0.2, 0.25) is 0 Å². The summed E-state index contributed by atoms with van der Waals surface area (Å²) in [6.45, 7) is 3.80. The van der Waals surface area contributed by atoms with Gasteiger partial charge in [-0.1, -0.05) is 19.3 Å². The topological polar surface area (TPSA) is 40.5 Å². The first kappa shape index (κ1) is 10.9. The predicted octanol–water partition coefficient (Wildman–Crippen LogP) is 1.97. The molecule has 0 spiro atoms. The van der Waals surface area contributed by atoms with Crippen molar-refractivity contribution < 1.29 is 9.90 Å². The van der Waals surface area contributed by atoms with Gasteiger partial charge in [-0.05, 0) is 38.1 Å². The van der Waals surface area contributed by atoms with Crippen molar-refractivity contribution in [3.8, 4) is 0 Å². The Bertz CT molecular complexity index is 242. The van der Waals surface area contributed by atoms with Crippen molar-refractivity contribution in [1.29, 1.82) is 0 Å². The third kappa shape index (κ3) is 2.33. The highest BCUT2D eigenvalue weighted by molar-refractivity contribution is 5.72. The summed E-state index contributed by atoms with van der Waals surface area (Å²) in [4.78, 5) is 13.1. The Kier molecular flexibility index (Phi) is 3.29. The van der Waals surface area contributed by atoms with Crippen molar-refractivity contribution in [3.63, 3.8) is 0 Å². The maximum absolute atomic E-state index is 10.9. The van der Waals surface area contributed by atoms with Crippen molar-refractivity contribution in [2.45, 2.75) is 45.1 Å². The second kappa shape index (κ2) is 4.52. The van der Waals surface area contributed by atoms with Crippen LogP contribution < -0.4 is 0 Å². The van der Waals surface area contributed by atoms with E-state index in [2.05, 4.69) is 4.90 Å². The Hall–Kier alpha value is -0.570. The molecule has 1 aliphatic heterocycles. The fourth-order valence-electron chi connectivity index (χ4n) is 3.14. The van der Waals surface area contributed by atoms with E-state index in [0.29, 0.717) is 0 Å². The molecule has 2 rings (SSSR count). The van der Waals surface area contributed by atoms with E-state index in [9.17, 15) is 4.79 Å². The Labute approximate surface area is 91.5 Å². The maximum atomic E-state index is 10.9. The molecule has 2 aliphatic rings. The van der Waals surface area contributed by atoms with Crippen LogP contribution in [0.25, 0.3) is 0 Å². The summed E-state index contributed by atoms with van der Waals surface area (Å²) in [5, 5.41) is 8.99. The average Bonchev–Trinajstić information content (AvgIpc) is 2.27. The van der Waals surface area contributed by atoms with Crippen molar-refractivity contribution in [2.24, 2.45) is 11.8 Å². The molecule has 1 saturated heterocycles. The standard InChI is InChI=1S/C12H21NO2/c1-9(12(14)15)13-7-6-10-4-2-3-5-11(10)8-13/h9-11H,2-8H2,1H3,(H,14,15). The number of aliphatic carboxylic acids is 1. The Morgan fingerprint density at radius 1 is 1.27 bits per heavy atom. The third-order valence-electron chi connectivity index (χ3n) is 4.23. The van der Waals surface area contributed by atoms with E-state index in [4.69, 9.17) is 5.11 Å². The van der Waals surface area contributed by atoms with Crippen LogP contribution in [0.2, 0.25) is 0 Å². The lowest BCUT2D eigenvalue weighted by Gasteiger charge is -2.42. The first-order valence-corrected chi connectivity index (χ1v) is 6.15. The number of carbonyl (C=O) groups is 1. The molecule has 0 aromatic carbocycles. The number of likely N-dealkylation sites (tertiary alicyclic amines) is 1. The third-order valence-corrected chi connectivity index (χ3v) is 4.23. The van der Waals surface area contributed by atoms with Gasteiger partial charge in [-0.2, -0.15) is 0 Å². The van der Waals surface area contributed by atoms with E-state index >= 15 is 0 Å². The zero-order valence-electron chi connectivity index (χ0n) is 9.48. The second-order valence-electron chi connectivity index (χ2n) is 5.10. The van der Waals surface area contributed by atoms with Gasteiger partial charge in [-0.15, -0.1) is 0 Å². The SMILES string of the molecule is CC(C(=O)O)N1CCC2CCCCC2C1. The predicted molar refractivity (Wildman–Crippen MR) is 58.7 cm³/mol. The number of rotatable bonds is 2. The van der Waals surface area contributed by atoms with Crippen molar-refractivity contribution in [2.75, 3.05) is 13.1 Å². The van der Waals surface area contributed by atoms with Crippen LogP contribution in [0, 0.1) is 11.8 Å². The monoisotopic (exact) mass is 211 g/mol. The van der Waals surface area contributed by atoms with Crippen LogP contribution >= 0.6 is 0 Å². The van der Waals surface area contributed by atoms with E-state index in [0.717, 1.165) is 24.9 Å². The molecule has 86 valence electrons. The summed E-state index contributed by atoms with van der Waals surface area (Å²) in [5.74, 6) is 0.981. The molecule has 0 aromatic heterocycles. The molecule has 0 aromatic rings. The second-order valence-corrected chi connectivity index (χ2v) is 5.10. The van der Waals surface area contributed by atoms with Crippen LogP contribution in [0.5, 0.6) is 0 Å². The van der Waals surface area contributed by atoms with Crippen LogP contribution in [-0.2, 0) is 4.79 Å². The molecule has 1 aliphatic carbocycles. The number of hydrogen-bond donors (Lipinski definition) is 1. The van der Waals surface area contributed by atoms with E-state index < -0.39 is 5.97 Å². The van der Waals surface area contributed by atoms with E-state index in [1.807, 2.05) is 6.92 Å². The largest absolute Gasteiger partial charge is 0.480 e. The van der Waals surface area contributed by atoms with Crippen LogP contribution in [0.15, 0.2) is 0 Å². The van der Waals surface area contributed by atoms with Gasteiger partial charge in [0.25, 0.3) is 0 Å². The zero-order chi connectivity index (χ0) is 10.8. The summed E-state index contributed by atoms with van der Waals surface area (Å²) >= 11 is 0. The molecule has 3 nitrogen and oxygen atoms in total. The highest BCUT2D eigenvalue weighted by Crippen LogP contribution is 2.36. The molecular formula is C12H21NO2. The fraction of sp³-hybridized carbons (Fsp3) is 0.917. The summed E-state index contributed by atoms with van der Waals surface area (Å²) < 4.78 is 0. The molecular weight excluding hydrogens is 190 g/mol. The molecule has 2 fully saturated rings. The number of carboxylic acid groups (broad SMARTS) is 1. The minimum Gasteiger partial charge on any atom is -0.480 e. The van der Waals surface area contributed by atoms with Crippen molar-refractivity contribution >= 4 is 5.97 Å². The molecule has 3 atom stereocenters. The zero-order valence-corrected chi connectivity index (χ0v) is 9.48. The number of carboxylic acids is 1. The van der Waals surface area contributed by atoms with Gasteiger partial charge in [0.1, 0.15) is 6.04 Å². The van der Waals surface area contributed by atoms with Gasteiger partial charge >= 0.3 is 5.97 Å². The lowest BCUT2D eigenvalue weighted by atomic mass is 9.75. The van der Waals surface area contributed by atoms with Crippen LogP contribution in [0.3, 0.4) is 0 Å². The Morgan fingerprint density at radius 2 is 1.93 bits per heavy atom. The minimum atomic E-state index is -0.677. The highest BCUT2D eigenvalue weighted by atomic mass is 16.4. The highest BCUT2D eigenvalue weighted by Gasteiger charge is 2.34. The summed E-state index contributed by atoms with van der Waals surface area (Å²) in [5.41, 5.74) is 0. The van der Waals surface area contributed by atoms with Crippen molar-refractivity contribution in [1.82, 2.24) is 4.90 Å². The van der Waals surface area contributed by atoms with Gasteiger partial charge in [0, 0.05) is 6.54 Å². The Balaban J connectivity index is 1.93. The Morgan fingerprint density at radius 3 is 2.60 bits per heavy atom. The molecule has 0 bridgehead atoms. The smallest absolute Gasteiger partial charge is 0.320 e. The summed E-state index contributed by atoms with van der Waals surface area (Å²) in [6, 6.07) is -0.298. The molecule has 0 radical (unpaired) electrons. The van der Waals surface area contributed by atoms with Crippen LogP contribution in [-0.4, -0.2) is 35.1 Å². The summed E-state index contributed by atoms with van der Waals surface area (Å²) in [7, 11) is 0. The first-order chi connectivity index (χ1) is 7.18. The number of hydrogen-bond acceptors (Lipinski definition) is 2. The van der Waals surface area contributed by atoms with Gasteiger partial charge in [0.05, 0.1) is 0 Å². The number of piperidine rings is 1. The lowest BCUT2D eigenvalue weighted by molar-refractivity contribution is -0.143. The molecule has 15 heavy (non-hydrogen) atoms. The van der Waals surface area contributed by atoms with Gasteiger partial charge in [0.15, 0.2) is 0 Å².